The Kier molecular flexibility index (Phi) is 6.31. The number of ether oxygens (including phenoxy) is 1. The number of rotatable bonds is 5. The predicted octanol–water partition coefficient (Wildman–Crippen LogP) is 3.99. The molecule has 2 N–H and O–H groups in total. The van der Waals surface area contributed by atoms with Crippen LogP contribution in [0, 0.1) is 13.8 Å². The number of amides is 2. The Morgan fingerprint density at radius 2 is 1.57 bits per heavy atom. The van der Waals surface area contributed by atoms with Crippen LogP contribution in [0.2, 0.25) is 0 Å². The highest BCUT2D eigenvalue weighted by atomic mass is 79.9. The van der Waals surface area contributed by atoms with E-state index in [-0.39, 0.29) is 18.9 Å². The zero-order valence-electron chi connectivity index (χ0n) is 15.7. The molecule has 0 aliphatic rings. The molecule has 3 aromatic rings. The molecule has 0 heterocycles. The van der Waals surface area contributed by atoms with Gasteiger partial charge in [0, 0.05) is 4.47 Å². The average molecular weight is 441 g/mol. The maximum atomic E-state index is 12.2. The topological polar surface area (TPSA) is 67.4 Å². The molecule has 5 nitrogen and oxygen atoms in total. The minimum Gasteiger partial charge on any atom is -0.483 e. The number of hydrazine groups is 1. The van der Waals surface area contributed by atoms with Gasteiger partial charge in [0.25, 0.3) is 5.91 Å². The van der Waals surface area contributed by atoms with Gasteiger partial charge in [0.15, 0.2) is 6.61 Å². The average Bonchev–Trinajstić information content (AvgIpc) is 2.66. The van der Waals surface area contributed by atoms with Gasteiger partial charge < -0.3 is 4.74 Å². The summed E-state index contributed by atoms with van der Waals surface area (Å²) in [5, 5.41) is 2.10. The molecule has 0 radical (unpaired) electrons. The lowest BCUT2D eigenvalue weighted by Crippen LogP contribution is -2.44. The highest BCUT2D eigenvalue weighted by Crippen LogP contribution is 2.27. The molecule has 0 aliphatic heterocycles. The van der Waals surface area contributed by atoms with Crippen LogP contribution < -0.4 is 15.6 Å². The Hall–Kier alpha value is -2.86. The SMILES string of the molecule is Cc1cc(Br)cc(C)c1OCC(=O)NNC(=O)Cc1cccc2ccccc12. The monoisotopic (exact) mass is 440 g/mol. The van der Waals surface area contributed by atoms with E-state index in [4.69, 9.17) is 4.74 Å². The van der Waals surface area contributed by atoms with Gasteiger partial charge in [-0.2, -0.15) is 0 Å². The molecule has 28 heavy (non-hydrogen) atoms. The summed E-state index contributed by atoms with van der Waals surface area (Å²) in [6, 6.07) is 17.6. The normalized spacial score (nSPS) is 10.5. The summed E-state index contributed by atoms with van der Waals surface area (Å²) in [5.74, 6) is -0.0471. The molecular formula is C22H21BrN2O3. The van der Waals surface area contributed by atoms with E-state index in [1.54, 1.807) is 0 Å². The maximum Gasteiger partial charge on any atom is 0.276 e. The van der Waals surface area contributed by atoms with Gasteiger partial charge in [-0.15, -0.1) is 0 Å². The summed E-state index contributed by atoms with van der Waals surface area (Å²) in [7, 11) is 0. The molecule has 0 saturated carbocycles. The van der Waals surface area contributed by atoms with E-state index in [9.17, 15) is 9.59 Å². The predicted molar refractivity (Wildman–Crippen MR) is 113 cm³/mol. The summed E-state index contributed by atoms with van der Waals surface area (Å²) in [5.41, 5.74) is 7.61. The highest BCUT2D eigenvalue weighted by molar-refractivity contribution is 9.10. The number of hydrogen-bond donors (Lipinski definition) is 2. The zero-order valence-corrected chi connectivity index (χ0v) is 17.3. The van der Waals surface area contributed by atoms with Crippen molar-refractivity contribution in [3.05, 3.63) is 75.8 Å². The molecule has 6 heteroatoms. The summed E-state index contributed by atoms with van der Waals surface area (Å²) in [6.45, 7) is 3.64. The molecule has 0 aromatic heterocycles. The molecule has 0 fully saturated rings. The second-order valence-corrected chi connectivity index (χ2v) is 7.48. The second-order valence-electron chi connectivity index (χ2n) is 6.57. The Bertz CT molecular complexity index is 1000. The van der Waals surface area contributed by atoms with Gasteiger partial charge in [0.2, 0.25) is 5.91 Å². The number of fused-ring (bicyclic) bond motifs is 1. The fourth-order valence-corrected chi connectivity index (χ4v) is 3.79. The van der Waals surface area contributed by atoms with Crippen LogP contribution in [0.4, 0.5) is 0 Å². The van der Waals surface area contributed by atoms with Crippen LogP contribution in [0.25, 0.3) is 10.8 Å². The Labute approximate surface area is 172 Å². The van der Waals surface area contributed by atoms with Crippen molar-refractivity contribution in [1.82, 2.24) is 10.9 Å². The Morgan fingerprint density at radius 3 is 2.32 bits per heavy atom. The number of benzene rings is 3. The van der Waals surface area contributed by atoms with Crippen molar-refractivity contribution in [2.75, 3.05) is 6.61 Å². The largest absolute Gasteiger partial charge is 0.483 e. The lowest BCUT2D eigenvalue weighted by molar-refractivity contribution is -0.129. The second kappa shape index (κ2) is 8.89. The van der Waals surface area contributed by atoms with E-state index < -0.39 is 5.91 Å². The number of halogens is 1. The van der Waals surface area contributed by atoms with E-state index in [0.717, 1.165) is 31.9 Å². The van der Waals surface area contributed by atoms with Crippen molar-refractivity contribution in [3.63, 3.8) is 0 Å². The van der Waals surface area contributed by atoms with Crippen molar-refractivity contribution in [2.24, 2.45) is 0 Å². The Morgan fingerprint density at radius 1 is 0.929 bits per heavy atom. The highest BCUT2D eigenvalue weighted by Gasteiger charge is 2.11. The van der Waals surface area contributed by atoms with Gasteiger partial charge >= 0.3 is 0 Å². The van der Waals surface area contributed by atoms with Crippen molar-refractivity contribution >= 4 is 38.5 Å². The molecule has 0 unspecified atom stereocenters. The van der Waals surface area contributed by atoms with Crippen molar-refractivity contribution in [1.29, 1.82) is 0 Å². The van der Waals surface area contributed by atoms with E-state index in [1.807, 2.05) is 68.4 Å². The fourth-order valence-electron chi connectivity index (χ4n) is 3.10. The minimum absolute atomic E-state index is 0.174. The van der Waals surface area contributed by atoms with Gasteiger partial charge in [0.1, 0.15) is 5.75 Å². The number of carbonyl (C=O) groups excluding carboxylic acids is 2. The summed E-state index contributed by atoms with van der Waals surface area (Å²) in [6.07, 6.45) is 0.174. The molecule has 0 saturated heterocycles. The molecule has 0 spiro atoms. The van der Waals surface area contributed by atoms with Crippen LogP contribution >= 0.6 is 15.9 Å². The molecule has 3 rings (SSSR count). The van der Waals surface area contributed by atoms with Crippen LogP contribution in [0.3, 0.4) is 0 Å². The van der Waals surface area contributed by atoms with E-state index in [0.29, 0.717) is 5.75 Å². The van der Waals surface area contributed by atoms with Crippen molar-refractivity contribution < 1.29 is 14.3 Å². The molecule has 144 valence electrons. The zero-order chi connectivity index (χ0) is 20.1. The molecule has 0 aliphatic carbocycles. The quantitative estimate of drug-likeness (QED) is 0.589. The summed E-state index contributed by atoms with van der Waals surface area (Å²) >= 11 is 3.43. The number of carbonyl (C=O) groups is 2. The van der Waals surface area contributed by atoms with E-state index >= 15 is 0 Å². The third-order valence-corrected chi connectivity index (χ3v) is 4.80. The first-order chi connectivity index (χ1) is 13.4. The fraction of sp³-hybridized carbons (Fsp3) is 0.182. The summed E-state index contributed by atoms with van der Waals surface area (Å²) in [4.78, 5) is 24.2. The molecule has 0 bridgehead atoms. The molecular weight excluding hydrogens is 420 g/mol. The maximum absolute atomic E-state index is 12.2. The van der Waals surface area contributed by atoms with E-state index in [1.165, 1.54) is 0 Å². The van der Waals surface area contributed by atoms with Crippen molar-refractivity contribution in [2.45, 2.75) is 20.3 Å². The van der Waals surface area contributed by atoms with Gasteiger partial charge in [-0.3, -0.25) is 20.4 Å². The van der Waals surface area contributed by atoms with Crippen molar-refractivity contribution in [3.8, 4) is 5.75 Å². The van der Waals surface area contributed by atoms with Gasteiger partial charge in [0.05, 0.1) is 6.42 Å². The van der Waals surface area contributed by atoms with Gasteiger partial charge in [-0.05, 0) is 53.4 Å². The third kappa shape index (κ3) is 4.89. The van der Waals surface area contributed by atoms with Gasteiger partial charge in [-0.25, -0.2) is 0 Å². The molecule has 0 atom stereocenters. The lowest BCUT2D eigenvalue weighted by Gasteiger charge is -2.13. The molecule has 3 aromatic carbocycles. The molecule has 2 amide bonds. The number of aryl methyl sites for hydroxylation is 2. The van der Waals surface area contributed by atoms with Crippen LogP contribution in [0.15, 0.2) is 59.1 Å². The standard InChI is InChI=1S/C22H21BrN2O3/c1-14-10-18(23)11-15(2)22(14)28-13-21(27)25-24-20(26)12-17-8-5-7-16-6-3-4-9-19(16)17/h3-11H,12-13H2,1-2H3,(H,24,26)(H,25,27). The number of nitrogens with one attached hydrogen (secondary N) is 2. The van der Waals surface area contributed by atoms with Crippen LogP contribution in [0.1, 0.15) is 16.7 Å². The first-order valence-electron chi connectivity index (χ1n) is 8.88. The Balaban J connectivity index is 1.53. The minimum atomic E-state index is -0.423. The van der Waals surface area contributed by atoms with Crippen LogP contribution in [-0.4, -0.2) is 18.4 Å². The van der Waals surface area contributed by atoms with E-state index in [2.05, 4.69) is 26.8 Å². The number of hydrogen-bond acceptors (Lipinski definition) is 3. The first-order valence-corrected chi connectivity index (χ1v) is 9.67. The smallest absolute Gasteiger partial charge is 0.276 e. The van der Waals surface area contributed by atoms with Crippen LogP contribution in [0.5, 0.6) is 5.75 Å². The van der Waals surface area contributed by atoms with Crippen LogP contribution in [-0.2, 0) is 16.0 Å². The first kappa shape index (κ1) is 19.9. The van der Waals surface area contributed by atoms with Gasteiger partial charge in [-0.1, -0.05) is 58.4 Å². The third-order valence-electron chi connectivity index (χ3n) is 4.34. The lowest BCUT2D eigenvalue weighted by atomic mass is 10.0. The summed E-state index contributed by atoms with van der Waals surface area (Å²) < 4.78 is 6.57.